The van der Waals surface area contributed by atoms with Gasteiger partial charge in [0.15, 0.2) is 11.3 Å². The standard InChI is InChI=1S/C20H31N5OSi/c1-14-9-15(21)10-16(14)18-11-22-19-12-23-20-17(25(18)19)5-6-24(20)13-26-7-8-27(2,3)4/h5-6,11-12,14-16H,7-10,13,21H2,1-4H3/t14-,15+,16+/m1/s1. The number of fused-ring (bicyclic) bond motifs is 3. The Hall–Kier alpha value is -1.70. The third-order valence-electron chi connectivity index (χ3n) is 5.80. The van der Waals surface area contributed by atoms with Gasteiger partial charge in [0.05, 0.1) is 11.7 Å². The van der Waals surface area contributed by atoms with Crippen molar-refractivity contribution in [2.75, 3.05) is 6.61 Å². The van der Waals surface area contributed by atoms with E-state index >= 15 is 0 Å². The van der Waals surface area contributed by atoms with Crippen molar-refractivity contribution in [2.24, 2.45) is 11.7 Å². The predicted octanol–water partition coefficient (Wildman–Crippen LogP) is 3.84. The number of ether oxygens (including phenoxy) is 1. The van der Waals surface area contributed by atoms with Gasteiger partial charge in [-0.15, -0.1) is 0 Å². The minimum atomic E-state index is -1.07. The fraction of sp³-hybridized carbons (Fsp3) is 0.600. The minimum absolute atomic E-state index is 0.289. The number of hydrogen-bond donors (Lipinski definition) is 1. The van der Waals surface area contributed by atoms with Crippen molar-refractivity contribution in [3.8, 4) is 0 Å². The number of nitrogens with zero attached hydrogens (tertiary/aromatic N) is 4. The Morgan fingerprint density at radius 1 is 1.22 bits per heavy atom. The molecule has 0 aliphatic heterocycles. The summed E-state index contributed by atoms with van der Waals surface area (Å²) in [5.41, 5.74) is 10.4. The summed E-state index contributed by atoms with van der Waals surface area (Å²) in [7, 11) is -1.07. The molecule has 3 atom stereocenters. The summed E-state index contributed by atoms with van der Waals surface area (Å²) in [6.07, 6.45) is 8.05. The predicted molar refractivity (Wildman–Crippen MR) is 112 cm³/mol. The van der Waals surface area contributed by atoms with Gasteiger partial charge in [0.2, 0.25) is 0 Å². The first-order valence-electron chi connectivity index (χ1n) is 9.98. The topological polar surface area (TPSA) is 70.4 Å². The van der Waals surface area contributed by atoms with E-state index in [0.29, 0.717) is 18.6 Å². The number of rotatable bonds is 6. The Morgan fingerprint density at radius 2 is 2.04 bits per heavy atom. The third kappa shape index (κ3) is 3.68. The summed E-state index contributed by atoms with van der Waals surface area (Å²) in [5, 5.41) is 0. The molecule has 0 spiro atoms. The maximum Gasteiger partial charge on any atom is 0.159 e. The van der Waals surface area contributed by atoms with Crippen molar-refractivity contribution >= 4 is 24.9 Å². The van der Waals surface area contributed by atoms with Crippen LogP contribution in [0.2, 0.25) is 25.7 Å². The third-order valence-corrected chi connectivity index (χ3v) is 7.50. The van der Waals surface area contributed by atoms with Crippen molar-refractivity contribution < 1.29 is 4.74 Å². The SMILES string of the molecule is C[C@@H]1C[C@H](N)C[C@@H]1c1cnc2cnc3c(ccn3COCC[Si](C)(C)C)n12. The zero-order valence-corrected chi connectivity index (χ0v) is 17.9. The second-order valence-electron chi connectivity index (χ2n) is 9.29. The highest BCUT2D eigenvalue weighted by molar-refractivity contribution is 6.76. The number of hydrogen-bond acceptors (Lipinski definition) is 4. The molecule has 1 aliphatic carbocycles. The molecule has 4 rings (SSSR count). The molecular formula is C20H31N5OSi. The van der Waals surface area contributed by atoms with Gasteiger partial charge in [-0.2, -0.15) is 0 Å². The highest BCUT2D eigenvalue weighted by Gasteiger charge is 2.32. The summed E-state index contributed by atoms with van der Waals surface area (Å²) in [6, 6.07) is 3.59. The molecule has 3 heterocycles. The van der Waals surface area contributed by atoms with Gasteiger partial charge in [-0.3, -0.25) is 4.40 Å². The Bertz CT molecular complexity index is 941. The van der Waals surface area contributed by atoms with Crippen LogP contribution >= 0.6 is 0 Å². The van der Waals surface area contributed by atoms with E-state index in [9.17, 15) is 0 Å². The molecule has 2 N–H and O–H groups in total. The molecule has 0 unspecified atom stereocenters. The van der Waals surface area contributed by atoms with Crippen molar-refractivity contribution in [1.82, 2.24) is 18.9 Å². The lowest BCUT2D eigenvalue weighted by Gasteiger charge is -2.16. The first-order chi connectivity index (χ1) is 12.8. The molecule has 6 nitrogen and oxygen atoms in total. The monoisotopic (exact) mass is 385 g/mol. The Kier molecular flexibility index (Phi) is 4.86. The zero-order chi connectivity index (χ0) is 19.2. The molecule has 27 heavy (non-hydrogen) atoms. The lowest BCUT2D eigenvalue weighted by Crippen LogP contribution is -2.22. The summed E-state index contributed by atoms with van der Waals surface area (Å²) < 4.78 is 10.3. The summed E-state index contributed by atoms with van der Waals surface area (Å²) >= 11 is 0. The molecule has 1 saturated carbocycles. The van der Waals surface area contributed by atoms with Crippen LogP contribution in [0.25, 0.3) is 16.8 Å². The zero-order valence-electron chi connectivity index (χ0n) is 16.9. The van der Waals surface area contributed by atoms with Crippen molar-refractivity contribution in [3.63, 3.8) is 0 Å². The molecule has 3 aromatic heterocycles. The normalized spacial score (nSPS) is 23.7. The largest absolute Gasteiger partial charge is 0.361 e. The molecule has 0 aromatic carbocycles. The molecule has 7 heteroatoms. The van der Waals surface area contributed by atoms with Crippen LogP contribution in [0.15, 0.2) is 24.7 Å². The van der Waals surface area contributed by atoms with Gasteiger partial charge in [-0.05, 0) is 30.9 Å². The van der Waals surface area contributed by atoms with Crippen LogP contribution < -0.4 is 5.73 Å². The van der Waals surface area contributed by atoms with Gasteiger partial charge in [-0.1, -0.05) is 26.6 Å². The molecular weight excluding hydrogens is 354 g/mol. The summed E-state index contributed by atoms with van der Waals surface area (Å²) in [5.74, 6) is 1.03. The Morgan fingerprint density at radius 3 is 2.74 bits per heavy atom. The van der Waals surface area contributed by atoms with Crippen LogP contribution in [0.3, 0.4) is 0 Å². The number of imidazole rings is 1. The second-order valence-corrected chi connectivity index (χ2v) is 14.9. The van der Waals surface area contributed by atoms with Gasteiger partial charge in [0.1, 0.15) is 6.73 Å². The van der Waals surface area contributed by atoms with Crippen LogP contribution in [-0.4, -0.2) is 39.7 Å². The lowest BCUT2D eigenvalue weighted by atomic mass is 9.95. The molecule has 0 radical (unpaired) electrons. The fourth-order valence-corrected chi connectivity index (χ4v) is 4.99. The Labute approximate surface area is 161 Å². The van der Waals surface area contributed by atoms with E-state index in [-0.39, 0.29) is 6.04 Å². The van der Waals surface area contributed by atoms with Gasteiger partial charge >= 0.3 is 0 Å². The van der Waals surface area contributed by atoms with Crippen LogP contribution in [0.5, 0.6) is 0 Å². The van der Waals surface area contributed by atoms with E-state index in [0.717, 1.165) is 36.3 Å². The highest BCUT2D eigenvalue weighted by Crippen LogP contribution is 2.39. The first-order valence-corrected chi connectivity index (χ1v) is 13.7. The van der Waals surface area contributed by atoms with Gasteiger partial charge < -0.3 is 15.0 Å². The number of nitrogens with two attached hydrogens (primary N) is 1. The molecule has 1 aliphatic rings. The number of aromatic nitrogens is 4. The van der Waals surface area contributed by atoms with Crippen molar-refractivity contribution in [3.05, 3.63) is 30.4 Å². The highest BCUT2D eigenvalue weighted by atomic mass is 28.3. The van der Waals surface area contributed by atoms with Crippen LogP contribution in [0, 0.1) is 5.92 Å². The lowest BCUT2D eigenvalue weighted by molar-refractivity contribution is 0.0899. The second kappa shape index (κ2) is 7.03. The van der Waals surface area contributed by atoms with Crippen LogP contribution in [-0.2, 0) is 11.5 Å². The van der Waals surface area contributed by atoms with E-state index in [1.807, 2.05) is 12.4 Å². The van der Waals surface area contributed by atoms with E-state index in [1.165, 1.54) is 11.7 Å². The summed E-state index contributed by atoms with van der Waals surface area (Å²) in [4.78, 5) is 9.26. The maximum absolute atomic E-state index is 6.22. The fourth-order valence-electron chi connectivity index (χ4n) is 4.24. The van der Waals surface area contributed by atoms with Gasteiger partial charge in [0, 0.05) is 44.7 Å². The van der Waals surface area contributed by atoms with E-state index in [2.05, 4.69) is 57.8 Å². The van der Waals surface area contributed by atoms with Crippen LogP contribution in [0.4, 0.5) is 0 Å². The summed E-state index contributed by atoms with van der Waals surface area (Å²) in [6.45, 7) is 10.8. The van der Waals surface area contributed by atoms with Crippen LogP contribution in [0.1, 0.15) is 31.4 Å². The minimum Gasteiger partial charge on any atom is -0.361 e. The molecule has 0 amide bonds. The van der Waals surface area contributed by atoms with Gasteiger partial charge in [-0.25, -0.2) is 9.97 Å². The van der Waals surface area contributed by atoms with E-state index < -0.39 is 8.07 Å². The first kappa shape index (κ1) is 18.7. The van der Waals surface area contributed by atoms with E-state index in [1.54, 1.807) is 0 Å². The average molecular weight is 386 g/mol. The quantitative estimate of drug-likeness (QED) is 0.517. The molecule has 146 valence electrons. The van der Waals surface area contributed by atoms with Crippen molar-refractivity contribution in [1.29, 1.82) is 0 Å². The van der Waals surface area contributed by atoms with Gasteiger partial charge in [0.25, 0.3) is 0 Å². The smallest absolute Gasteiger partial charge is 0.159 e. The molecule has 3 aromatic rings. The molecule has 0 bridgehead atoms. The molecule has 0 saturated heterocycles. The average Bonchev–Trinajstić information content (AvgIpc) is 3.26. The van der Waals surface area contributed by atoms with Crippen molar-refractivity contribution in [2.45, 2.75) is 64.1 Å². The Balaban J connectivity index is 1.62. The maximum atomic E-state index is 6.22. The van der Waals surface area contributed by atoms with E-state index in [4.69, 9.17) is 10.5 Å². The molecule has 1 fully saturated rings.